The van der Waals surface area contributed by atoms with Crippen molar-refractivity contribution in [3.8, 4) is 0 Å². The fourth-order valence-electron chi connectivity index (χ4n) is 2.24. The number of nitrogens with two attached hydrogens (primary N) is 1. The molecule has 1 aliphatic carbocycles. The molecule has 1 heterocycles. The second-order valence-corrected chi connectivity index (χ2v) is 6.23. The summed E-state index contributed by atoms with van der Waals surface area (Å²) < 4.78 is 26.9. The van der Waals surface area contributed by atoms with Crippen LogP contribution in [0.25, 0.3) is 0 Å². The van der Waals surface area contributed by atoms with Crippen LogP contribution in [-0.4, -0.2) is 19.9 Å². The molecule has 7 heteroatoms. The first-order chi connectivity index (χ1) is 8.63. The van der Waals surface area contributed by atoms with Crippen molar-refractivity contribution in [2.24, 2.45) is 11.8 Å². The number of pyridine rings is 1. The normalized spacial score (nSPS) is 16.9. The number of nitrogen functional groups attached to an aromatic ring is 1. The molecule has 4 N–H and O–H groups in total. The van der Waals surface area contributed by atoms with Crippen LogP contribution >= 0.6 is 0 Å². The van der Waals surface area contributed by atoms with Crippen LogP contribution < -0.4 is 16.0 Å². The zero-order valence-electron chi connectivity index (χ0n) is 10.1. The third kappa shape index (κ3) is 2.98. The van der Waals surface area contributed by atoms with E-state index in [1.54, 1.807) is 6.07 Å². The Kier molecular flexibility index (Phi) is 4.15. The minimum Gasteiger partial charge on any atom is -0.307 e. The summed E-state index contributed by atoms with van der Waals surface area (Å²) in [6, 6.07) is 3.06. The van der Waals surface area contributed by atoms with Gasteiger partial charge in [0.1, 0.15) is 4.90 Å². The Labute approximate surface area is 107 Å². The van der Waals surface area contributed by atoms with Gasteiger partial charge in [-0.25, -0.2) is 24.0 Å². The largest absolute Gasteiger partial charge is 0.307 e. The molecule has 0 bridgehead atoms. The number of anilines is 1. The highest BCUT2D eigenvalue weighted by molar-refractivity contribution is 7.89. The molecule has 1 fully saturated rings. The summed E-state index contributed by atoms with van der Waals surface area (Å²) in [6.45, 7) is 0.487. The lowest BCUT2D eigenvalue weighted by Gasteiger charge is -2.12. The molecular formula is C11H18N4O2S. The van der Waals surface area contributed by atoms with Crippen molar-refractivity contribution in [3.05, 3.63) is 18.3 Å². The van der Waals surface area contributed by atoms with Gasteiger partial charge in [-0.3, -0.25) is 0 Å². The first kappa shape index (κ1) is 13.3. The summed E-state index contributed by atoms with van der Waals surface area (Å²) in [6.07, 6.45) is 6.06. The van der Waals surface area contributed by atoms with E-state index in [1.807, 2.05) is 0 Å². The molecule has 0 saturated heterocycles. The molecule has 0 unspecified atom stereocenters. The molecule has 18 heavy (non-hydrogen) atoms. The van der Waals surface area contributed by atoms with Gasteiger partial charge >= 0.3 is 0 Å². The Morgan fingerprint density at radius 3 is 2.78 bits per heavy atom. The van der Waals surface area contributed by atoms with Gasteiger partial charge in [0.15, 0.2) is 5.82 Å². The summed E-state index contributed by atoms with van der Waals surface area (Å²) in [5, 5.41) is 0. The molecule has 1 aromatic heterocycles. The van der Waals surface area contributed by atoms with Gasteiger partial charge in [-0.15, -0.1) is 0 Å². The average molecular weight is 270 g/mol. The SMILES string of the molecule is NNc1ncccc1S(=O)(=O)NCC1CCCC1. The van der Waals surface area contributed by atoms with Crippen molar-refractivity contribution in [2.75, 3.05) is 12.0 Å². The van der Waals surface area contributed by atoms with E-state index in [2.05, 4.69) is 15.1 Å². The molecule has 1 saturated carbocycles. The van der Waals surface area contributed by atoms with E-state index in [0.717, 1.165) is 12.8 Å². The standard InChI is InChI=1S/C11H18N4O2S/c12-15-11-10(6-3-7-13-11)18(16,17)14-8-9-4-1-2-5-9/h3,6-7,9,14H,1-2,4-5,8,12H2,(H,13,15). The molecule has 100 valence electrons. The maximum Gasteiger partial charge on any atom is 0.244 e. The second-order valence-electron chi connectivity index (χ2n) is 4.50. The summed E-state index contributed by atoms with van der Waals surface area (Å²) in [5.41, 5.74) is 2.30. The maximum absolute atomic E-state index is 12.1. The van der Waals surface area contributed by atoms with Gasteiger partial charge in [0.25, 0.3) is 0 Å². The Balaban J connectivity index is 2.09. The molecule has 0 amide bonds. The first-order valence-electron chi connectivity index (χ1n) is 6.05. The van der Waals surface area contributed by atoms with E-state index in [0.29, 0.717) is 12.5 Å². The molecule has 0 aliphatic heterocycles. The fraction of sp³-hybridized carbons (Fsp3) is 0.545. The van der Waals surface area contributed by atoms with Crippen molar-refractivity contribution >= 4 is 15.8 Å². The van der Waals surface area contributed by atoms with Crippen LogP contribution in [0.15, 0.2) is 23.2 Å². The van der Waals surface area contributed by atoms with Gasteiger partial charge in [-0.2, -0.15) is 0 Å². The molecule has 0 aromatic carbocycles. The summed E-state index contributed by atoms with van der Waals surface area (Å²) in [7, 11) is -3.55. The topological polar surface area (TPSA) is 97.1 Å². The minimum absolute atomic E-state index is 0.0884. The van der Waals surface area contributed by atoms with Crippen LogP contribution in [-0.2, 0) is 10.0 Å². The van der Waals surface area contributed by atoms with Crippen molar-refractivity contribution < 1.29 is 8.42 Å². The van der Waals surface area contributed by atoms with Gasteiger partial charge in [-0.05, 0) is 30.9 Å². The number of sulfonamides is 1. The number of rotatable bonds is 5. The second kappa shape index (κ2) is 5.64. The molecular weight excluding hydrogens is 252 g/mol. The third-order valence-corrected chi connectivity index (χ3v) is 4.69. The molecule has 0 radical (unpaired) electrons. The average Bonchev–Trinajstić information content (AvgIpc) is 2.89. The molecule has 1 aromatic rings. The van der Waals surface area contributed by atoms with E-state index in [4.69, 9.17) is 5.84 Å². The van der Waals surface area contributed by atoms with E-state index in [9.17, 15) is 8.42 Å². The zero-order valence-corrected chi connectivity index (χ0v) is 10.9. The number of hydrogen-bond donors (Lipinski definition) is 3. The highest BCUT2D eigenvalue weighted by atomic mass is 32.2. The van der Waals surface area contributed by atoms with Crippen LogP contribution in [0.4, 0.5) is 5.82 Å². The highest BCUT2D eigenvalue weighted by Gasteiger charge is 2.22. The Morgan fingerprint density at radius 1 is 1.39 bits per heavy atom. The molecule has 1 aliphatic rings. The number of nitrogens with one attached hydrogen (secondary N) is 2. The number of nitrogens with zero attached hydrogens (tertiary/aromatic N) is 1. The van der Waals surface area contributed by atoms with E-state index < -0.39 is 10.0 Å². The minimum atomic E-state index is -3.55. The van der Waals surface area contributed by atoms with E-state index >= 15 is 0 Å². The monoisotopic (exact) mass is 270 g/mol. The quantitative estimate of drug-likeness (QED) is 0.544. The van der Waals surface area contributed by atoms with Crippen molar-refractivity contribution in [1.82, 2.24) is 9.71 Å². The zero-order chi connectivity index (χ0) is 13.0. The predicted octanol–water partition coefficient (Wildman–Crippen LogP) is 0.836. The Bertz CT molecular complexity index is 498. The summed E-state index contributed by atoms with van der Waals surface area (Å²) >= 11 is 0. The lowest BCUT2D eigenvalue weighted by atomic mass is 10.1. The molecule has 0 atom stereocenters. The van der Waals surface area contributed by atoms with Crippen LogP contribution in [0, 0.1) is 5.92 Å². The number of aromatic nitrogens is 1. The van der Waals surface area contributed by atoms with Gasteiger partial charge in [-0.1, -0.05) is 12.8 Å². The first-order valence-corrected chi connectivity index (χ1v) is 7.53. The van der Waals surface area contributed by atoms with Crippen LogP contribution in [0.3, 0.4) is 0 Å². The maximum atomic E-state index is 12.1. The van der Waals surface area contributed by atoms with Crippen LogP contribution in [0.1, 0.15) is 25.7 Å². The van der Waals surface area contributed by atoms with Gasteiger partial charge in [0.05, 0.1) is 0 Å². The van der Waals surface area contributed by atoms with Crippen molar-refractivity contribution in [2.45, 2.75) is 30.6 Å². The number of hydrazine groups is 1. The van der Waals surface area contributed by atoms with Crippen molar-refractivity contribution in [1.29, 1.82) is 0 Å². The van der Waals surface area contributed by atoms with Gasteiger partial charge in [0, 0.05) is 12.7 Å². The van der Waals surface area contributed by atoms with E-state index in [1.165, 1.54) is 25.1 Å². The molecule has 6 nitrogen and oxygen atoms in total. The molecule has 0 spiro atoms. The Hall–Kier alpha value is -1.18. The van der Waals surface area contributed by atoms with Crippen LogP contribution in [0.5, 0.6) is 0 Å². The predicted molar refractivity (Wildman–Crippen MR) is 69.2 cm³/mol. The summed E-state index contributed by atoms with van der Waals surface area (Å²) in [5.74, 6) is 5.87. The summed E-state index contributed by atoms with van der Waals surface area (Å²) in [4.78, 5) is 3.98. The van der Waals surface area contributed by atoms with E-state index in [-0.39, 0.29) is 10.7 Å². The highest BCUT2D eigenvalue weighted by Crippen LogP contribution is 2.24. The van der Waals surface area contributed by atoms with Gasteiger partial charge < -0.3 is 5.43 Å². The number of hydrogen-bond acceptors (Lipinski definition) is 5. The van der Waals surface area contributed by atoms with Crippen LogP contribution in [0.2, 0.25) is 0 Å². The third-order valence-electron chi connectivity index (χ3n) is 3.23. The molecule has 2 rings (SSSR count). The Morgan fingerprint density at radius 2 is 2.11 bits per heavy atom. The fourth-order valence-corrected chi connectivity index (χ4v) is 3.47. The lowest BCUT2D eigenvalue weighted by molar-refractivity contribution is 0.519. The van der Waals surface area contributed by atoms with Crippen molar-refractivity contribution in [3.63, 3.8) is 0 Å². The van der Waals surface area contributed by atoms with Gasteiger partial charge in [0.2, 0.25) is 10.0 Å². The smallest absolute Gasteiger partial charge is 0.244 e. The lowest BCUT2D eigenvalue weighted by Crippen LogP contribution is -2.29.